The first-order valence-corrected chi connectivity index (χ1v) is 6.76. The Morgan fingerprint density at radius 2 is 1.86 bits per heavy atom. The summed E-state index contributed by atoms with van der Waals surface area (Å²) in [7, 11) is 0. The molecule has 0 radical (unpaired) electrons. The molecule has 0 saturated carbocycles. The molecule has 0 saturated heterocycles. The van der Waals surface area contributed by atoms with Gasteiger partial charge in [0, 0.05) is 24.3 Å². The minimum Gasteiger partial charge on any atom is -0.399 e. The molecule has 0 spiro atoms. The number of benzene rings is 1. The monoisotopic (exact) mass is 303 g/mol. The van der Waals surface area contributed by atoms with Gasteiger partial charge in [0.05, 0.1) is 5.56 Å². The maximum absolute atomic E-state index is 12.7. The molecule has 0 aliphatic carbocycles. The fourth-order valence-electron chi connectivity index (χ4n) is 1.92. The molecule has 118 valence electrons. The van der Waals surface area contributed by atoms with Crippen LogP contribution >= 0.6 is 0 Å². The standard InChI is InChI=1S/C14H20F3N3O/c1-3-20(4-2)6-5-19-13(21)10-7-11(14(15,16)17)9-12(18)8-10/h7-9H,3-6,18H2,1-2H3,(H,19,21). The van der Waals surface area contributed by atoms with Crippen LogP contribution in [-0.2, 0) is 6.18 Å². The topological polar surface area (TPSA) is 58.4 Å². The van der Waals surface area contributed by atoms with Gasteiger partial charge in [-0.3, -0.25) is 4.79 Å². The van der Waals surface area contributed by atoms with Gasteiger partial charge in [0.15, 0.2) is 0 Å². The number of carbonyl (C=O) groups is 1. The lowest BCUT2D eigenvalue weighted by Crippen LogP contribution is -2.34. The summed E-state index contributed by atoms with van der Waals surface area (Å²) in [6.07, 6.45) is -4.52. The highest BCUT2D eigenvalue weighted by Crippen LogP contribution is 2.31. The Morgan fingerprint density at radius 1 is 1.24 bits per heavy atom. The third kappa shape index (κ3) is 5.26. The molecule has 7 heteroatoms. The zero-order valence-electron chi connectivity index (χ0n) is 12.1. The molecule has 1 aromatic rings. The highest BCUT2D eigenvalue weighted by atomic mass is 19.4. The van der Waals surface area contributed by atoms with Crippen molar-refractivity contribution in [1.82, 2.24) is 10.2 Å². The van der Waals surface area contributed by atoms with Crippen LogP contribution in [0.3, 0.4) is 0 Å². The van der Waals surface area contributed by atoms with Crippen LogP contribution in [0.25, 0.3) is 0 Å². The summed E-state index contributed by atoms with van der Waals surface area (Å²) in [5.41, 5.74) is 4.34. The van der Waals surface area contributed by atoms with Gasteiger partial charge in [0.2, 0.25) is 0 Å². The fraction of sp³-hybridized carbons (Fsp3) is 0.500. The highest BCUT2D eigenvalue weighted by molar-refractivity contribution is 5.95. The Balaban J connectivity index is 2.72. The zero-order valence-corrected chi connectivity index (χ0v) is 12.1. The summed E-state index contributed by atoms with van der Waals surface area (Å²) in [6.45, 7) is 6.72. The van der Waals surface area contributed by atoms with Gasteiger partial charge in [0.25, 0.3) is 5.91 Å². The summed E-state index contributed by atoms with van der Waals surface area (Å²) >= 11 is 0. The summed E-state index contributed by atoms with van der Waals surface area (Å²) in [5, 5.41) is 2.60. The van der Waals surface area contributed by atoms with Gasteiger partial charge in [-0.15, -0.1) is 0 Å². The first-order chi connectivity index (χ1) is 9.77. The van der Waals surface area contributed by atoms with Gasteiger partial charge >= 0.3 is 6.18 Å². The largest absolute Gasteiger partial charge is 0.416 e. The van der Waals surface area contributed by atoms with E-state index in [0.29, 0.717) is 13.1 Å². The van der Waals surface area contributed by atoms with E-state index in [2.05, 4.69) is 10.2 Å². The zero-order chi connectivity index (χ0) is 16.0. The van der Waals surface area contributed by atoms with Crippen molar-refractivity contribution in [2.75, 3.05) is 31.9 Å². The van der Waals surface area contributed by atoms with Crippen molar-refractivity contribution in [3.8, 4) is 0 Å². The van der Waals surface area contributed by atoms with Crippen LogP contribution in [-0.4, -0.2) is 37.0 Å². The van der Waals surface area contributed by atoms with Gasteiger partial charge in [-0.2, -0.15) is 13.2 Å². The second-order valence-electron chi connectivity index (χ2n) is 4.62. The Hall–Kier alpha value is -1.76. The summed E-state index contributed by atoms with van der Waals surface area (Å²) in [5.74, 6) is -0.556. The Bertz CT molecular complexity index is 485. The minimum atomic E-state index is -4.52. The van der Waals surface area contributed by atoms with Gasteiger partial charge in [0.1, 0.15) is 0 Å². The number of nitrogens with zero attached hydrogens (tertiary/aromatic N) is 1. The number of hydrogen-bond acceptors (Lipinski definition) is 3. The van der Waals surface area contributed by atoms with Crippen molar-refractivity contribution in [2.45, 2.75) is 20.0 Å². The number of hydrogen-bond donors (Lipinski definition) is 2. The summed E-state index contributed by atoms with van der Waals surface area (Å²) in [6, 6.07) is 2.86. The first-order valence-electron chi connectivity index (χ1n) is 6.76. The van der Waals surface area contributed by atoms with Crippen molar-refractivity contribution in [3.63, 3.8) is 0 Å². The van der Waals surface area contributed by atoms with Crippen molar-refractivity contribution in [3.05, 3.63) is 29.3 Å². The molecular weight excluding hydrogens is 283 g/mol. The number of rotatable bonds is 6. The lowest BCUT2D eigenvalue weighted by molar-refractivity contribution is -0.137. The van der Waals surface area contributed by atoms with Gasteiger partial charge in [-0.1, -0.05) is 13.8 Å². The van der Waals surface area contributed by atoms with E-state index in [4.69, 9.17) is 5.73 Å². The van der Waals surface area contributed by atoms with Crippen LogP contribution in [0.15, 0.2) is 18.2 Å². The van der Waals surface area contributed by atoms with E-state index in [0.717, 1.165) is 25.2 Å². The average Bonchev–Trinajstić information content (AvgIpc) is 2.41. The second kappa shape index (κ2) is 7.31. The van der Waals surface area contributed by atoms with Crippen LogP contribution < -0.4 is 11.1 Å². The molecule has 3 N–H and O–H groups in total. The SMILES string of the molecule is CCN(CC)CCNC(=O)c1cc(N)cc(C(F)(F)F)c1. The molecule has 0 unspecified atom stereocenters. The van der Waals surface area contributed by atoms with E-state index in [1.54, 1.807) is 0 Å². The van der Waals surface area contributed by atoms with Gasteiger partial charge < -0.3 is 16.0 Å². The van der Waals surface area contributed by atoms with Crippen LogP contribution in [0, 0.1) is 0 Å². The van der Waals surface area contributed by atoms with Crippen LogP contribution in [0.1, 0.15) is 29.8 Å². The van der Waals surface area contributed by atoms with E-state index in [1.165, 1.54) is 6.07 Å². The predicted molar refractivity (Wildman–Crippen MR) is 76.0 cm³/mol. The van der Waals surface area contributed by atoms with Crippen molar-refractivity contribution >= 4 is 11.6 Å². The molecule has 0 aliphatic rings. The molecule has 0 aliphatic heterocycles. The highest BCUT2D eigenvalue weighted by Gasteiger charge is 2.31. The normalized spacial score (nSPS) is 11.7. The number of nitrogens with two attached hydrogens (primary N) is 1. The summed E-state index contributed by atoms with van der Waals surface area (Å²) in [4.78, 5) is 14.0. The van der Waals surface area contributed by atoms with Gasteiger partial charge in [-0.25, -0.2) is 0 Å². The van der Waals surface area contributed by atoms with E-state index in [1.807, 2.05) is 13.8 Å². The Labute approximate surface area is 122 Å². The third-order valence-electron chi connectivity index (χ3n) is 3.15. The number of nitrogens with one attached hydrogen (secondary N) is 1. The molecule has 1 aromatic carbocycles. The molecular formula is C14H20F3N3O. The van der Waals surface area contributed by atoms with Crippen molar-refractivity contribution in [2.24, 2.45) is 0 Å². The molecule has 4 nitrogen and oxygen atoms in total. The van der Waals surface area contributed by atoms with Crippen molar-refractivity contribution < 1.29 is 18.0 Å². The molecule has 0 heterocycles. The molecule has 0 atom stereocenters. The molecule has 0 aromatic heterocycles. The van der Waals surface area contributed by atoms with Crippen LogP contribution in [0.4, 0.5) is 18.9 Å². The van der Waals surface area contributed by atoms with Crippen LogP contribution in [0.5, 0.6) is 0 Å². The molecule has 21 heavy (non-hydrogen) atoms. The maximum atomic E-state index is 12.7. The number of likely N-dealkylation sites (N-methyl/N-ethyl adjacent to an activating group) is 1. The number of carbonyl (C=O) groups excluding carboxylic acids is 1. The second-order valence-corrected chi connectivity index (χ2v) is 4.62. The lowest BCUT2D eigenvalue weighted by atomic mass is 10.1. The third-order valence-corrected chi connectivity index (χ3v) is 3.15. The van der Waals surface area contributed by atoms with E-state index >= 15 is 0 Å². The fourth-order valence-corrected chi connectivity index (χ4v) is 1.92. The number of anilines is 1. The smallest absolute Gasteiger partial charge is 0.399 e. The molecule has 0 fully saturated rings. The number of alkyl halides is 3. The first kappa shape index (κ1) is 17.3. The molecule has 1 amide bonds. The quantitative estimate of drug-likeness (QED) is 0.793. The molecule has 1 rings (SSSR count). The van der Waals surface area contributed by atoms with Gasteiger partial charge in [-0.05, 0) is 31.3 Å². The molecule has 0 bridgehead atoms. The Kier molecular flexibility index (Phi) is 6.02. The Morgan fingerprint density at radius 3 is 2.38 bits per heavy atom. The number of nitrogen functional groups attached to an aromatic ring is 1. The van der Waals surface area contributed by atoms with E-state index in [9.17, 15) is 18.0 Å². The number of amides is 1. The van der Waals surface area contributed by atoms with Crippen LogP contribution in [0.2, 0.25) is 0 Å². The van der Waals surface area contributed by atoms with E-state index < -0.39 is 17.6 Å². The lowest BCUT2D eigenvalue weighted by Gasteiger charge is -2.18. The minimum absolute atomic E-state index is 0.0816. The average molecular weight is 303 g/mol. The van der Waals surface area contributed by atoms with E-state index in [-0.39, 0.29) is 11.3 Å². The predicted octanol–water partition coefficient (Wildman–Crippen LogP) is 2.36. The number of halogens is 3. The summed E-state index contributed by atoms with van der Waals surface area (Å²) < 4.78 is 38.0. The maximum Gasteiger partial charge on any atom is 0.416 e. The van der Waals surface area contributed by atoms with Crippen molar-refractivity contribution in [1.29, 1.82) is 0 Å².